The largest absolute Gasteiger partial charge is 0.506 e. The van der Waals surface area contributed by atoms with Crippen molar-refractivity contribution in [2.24, 2.45) is 0 Å². The van der Waals surface area contributed by atoms with Crippen molar-refractivity contribution in [1.29, 1.82) is 0 Å². The molecular weight excluding hydrogens is 442 g/mol. The zero-order valence-electron chi connectivity index (χ0n) is 20.4. The number of esters is 1. The summed E-state index contributed by atoms with van der Waals surface area (Å²) >= 11 is 0. The third-order valence-corrected chi connectivity index (χ3v) is 5.86. The van der Waals surface area contributed by atoms with Crippen molar-refractivity contribution in [3.05, 3.63) is 104 Å². The molecule has 4 rings (SSSR count). The van der Waals surface area contributed by atoms with Crippen molar-refractivity contribution in [2.45, 2.75) is 41.0 Å². The molecular formula is C29H27NO5. The molecule has 1 aromatic heterocycles. The Morgan fingerprint density at radius 3 is 2.23 bits per heavy atom. The fourth-order valence-electron chi connectivity index (χ4n) is 4.09. The van der Waals surface area contributed by atoms with Gasteiger partial charge in [0.05, 0.1) is 0 Å². The molecule has 35 heavy (non-hydrogen) atoms. The first-order chi connectivity index (χ1) is 16.7. The van der Waals surface area contributed by atoms with Gasteiger partial charge in [0, 0.05) is 5.56 Å². The maximum Gasteiger partial charge on any atom is 0.363 e. The van der Waals surface area contributed by atoms with E-state index in [2.05, 4.69) is 4.98 Å². The van der Waals surface area contributed by atoms with E-state index in [0.717, 1.165) is 34.2 Å². The van der Waals surface area contributed by atoms with Gasteiger partial charge in [0.1, 0.15) is 22.6 Å². The first-order valence-corrected chi connectivity index (χ1v) is 11.4. The molecule has 1 heterocycles. The minimum absolute atomic E-state index is 0.286. The Bertz CT molecular complexity index is 1500. The summed E-state index contributed by atoms with van der Waals surface area (Å²) in [6.45, 7) is 9.52. The Balaban J connectivity index is 1.92. The lowest BCUT2D eigenvalue weighted by molar-refractivity contribution is -0.128. The van der Waals surface area contributed by atoms with Gasteiger partial charge in [-0.25, -0.2) is 14.6 Å². The minimum atomic E-state index is -0.899. The molecule has 0 saturated heterocycles. The molecule has 0 unspecified atom stereocenters. The molecule has 6 heteroatoms. The van der Waals surface area contributed by atoms with Gasteiger partial charge in [-0.3, -0.25) is 0 Å². The summed E-state index contributed by atoms with van der Waals surface area (Å²) in [5, 5.41) is 11.2. The number of aryl methyl sites for hydroxylation is 5. The van der Waals surface area contributed by atoms with E-state index in [-0.39, 0.29) is 16.9 Å². The average Bonchev–Trinajstić information content (AvgIpc) is 2.82. The van der Waals surface area contributed by atoms with Crippen LogP contribution in [0.25, 0.3) is 22.4 Å². The summed E-state index contributed by atoms with van der Waals surface area (Å²) in [5.74, 6) is -0.941. The van der Waals surface area contributed by atoms with Crippen molar-refractivity contribution < 1.29 is 19.1 Å². The molecule has 0 fully saturated rings. The fraction of sp³-hybridized carbons (Fsp3) is 0.207. The summed E-state index contributed by atoms with van der Waals surface area (Å²) < 4.78 is 11.2. The van der Waals surface area contributed by atoms with E-state index in [0.29, 0.717) is 16.8 Å². The molecule has 0 radical (unpaired) electrons. The van der Waals surface area contributed by atoms with Gasteiger partial charge in [-0.05, 0) is 68.5 Å². The molecule has 0 aliphatic carbocycles. The van der Waals surface area contributed by atoms with Crippen LogP contribution in [0.3, 0.4) is 0 Å². The van der Waals surface area contributed by atoms with E-state index in [1.54, 1.807) is 30.3 Å². The van der Waals surface area contributed by atoms with Gasteiger partial charge in [-0.2, -0.15) is 0 Å². The summed E-state index contributed by atoms with van der Waals surface area (Å²) in [6, 6.07) is 16.1. The summed E-state index contributed by atoms with van der Waals surface area (Å²) in [6.07, 6.45) is 0.820. The molecule has 0 amide bonds. The number of hydrogen-bond acceptors (Lipinski definition) is 6. The second-order valence-corrected chi connectivity index (χ2v) is 8.71. The van der Waals surface area contributed by atoms with Crippen LogP contribution in [0.4, 0.5) is 0 Å². The van der Waals surface area contributed by atoms with E-state index in [1.165, 1.54) is 0 Å². The summed E-state index contributed by atoms with van der Waals surface area (Å²) in [4.78, 5) is 30.9. The number of fused-ring (bicyclic) bond motifs is 1. The first kappa shape index (κ1) is 24.0. The van der Waals surface area contributed by atoms with Gasteiger partial charge in [0.15, 0.2) is 11.3 Å². The number of hydrogen-bond donors (Lipinski definition) is 1. The molecule has 3 aromatic carbocycles. The highest BCUT2D eigenvalue weighted by atomic mass is 16.5. The normalized spacial score (nSPS) is 11.9. The maximum atomic E-state index is 13.5. The quantitative estimate of drug-likeness (QED) is 0.166. The van der Waals surface area contributed by atoms with Crippen LogP contribution in [0.5, 0.6) is 5.75 Å². The van der Waals surface area contributed by atoms with Gasteiger partial charge in [-0.15, -0.1) is 0 Å². The van der Waals surface area contributed by atoms with Crippen LogP contribution in [-0.4, -0.2) is 16.1 Å². The van der Waals surface area contributed by atoms with E-state index in [1.807, 2.05) is 58.9 Å². The van der Waals surface area contributed by atoms with E-state index in [9.17, 15) is 14.7 Å². The van der Waals surface area contributed by atoms with Crippen molar-refractivity contribution in [2.75, 3.05) is 0 Å². The number of aliphatic hydroxyl groups excluding tert-OH is 1. The lowest BCUT2D eigenvalue weighted by atomic mass is 10.0. The van der Waals surface area contributed by atoms with Gasteiger partial charge in [0.25, 0.3) is 0 Å². The third kappa shape index (κ3) is 4.87. The van der Waals surface area contributed by atoms with Crippen molar-refractivity contribution in [1.82, 2.24) is 4.98 Å². The Morgan fingerprint density at radius 2 is 1.60 bits per heavy atom. The van der Waals surface area contributed by atoms with E-state index < -0.39 is 17.4 Å². The number of aliphatic hydroxyl groups is 1. The second-order valence-electron chi connectivity index (χ2n) is 8.71. The Morgan fingerprint density at radius 1 is 0.943 bits per heavy atom. The van der Waals surface area contributed by atoms with Crippen molar-refractivity contribution >= 4 is 28.4 Å². The fourth-order valence-corrected chi connectivity index (χ4v) is 4.09. The second kappa shape index (κ2) is 9.58. The topological polar surface area (TPSA) is 89.6 Å². The molecule has 0 bridgehead atoms. The molecule has 6 nitrogen and oxygen atoms in total. The highest BCUT2D eigenvalue weighted by molar-refractivity contribution is 6.23. The molecule has 1 N–H and O–H groups in total. The number of nitrogens with zero attached hydrogens (tertiary/aromatic N) is 1. The SMILES string of the molecule is CCc1ccc(C(O)=C(C(=O)Oc2c(C)cc(C)cc2C)c2nc3cc(C)ccc3oc2=O)cc1. The molecule has 0 aliphatic heterocycles. The highest BCUT2D eigenvalue weighted by Gasteiger charge is 2.27. The zero-order chi connectivity index (χ0) is 25.3. The minimum Gasteiger partial charge on any atom is -0.506 e. The Labute approximate surface area is 203 Å². The number of rotatable bonds is 5. The van der Waals surface area contributed by atoms with Gasteiger partial charge < -0.3 is 14.3 Å². The summed E-state index contributed by atoms with van der Waals surface area (Å²) in [5.41, 5.74) is 4.04. The average molecular weight is 470 g/mol. The first-order valence-electron chi connectivity index (χ1n) is 11.4. The zero-order valence-corrected chi connectivity index (χ0v) is 20.4. The van der Waals surface area contributed by atoms with Crippen LogP contribution in [0.15, 0.2) is 63.8 Å². The predicted molar refractivity (Wildman–Crippen MR) is 137 cm³/mol. The number of benzene rings is 3. The lowest BCUT2D eigenvalue weighted by Gasteiger charge is -2.14. The third-order valence-electron chi connectivity index (χ3n) is 5.86. The smallest absolute Gasteiger partial charge is 0.363 e. The summed E-state index contributed by atoms with van der Waals surface area (Å²) in [7, 11) is 0. The Kier molecular flexibility index (Phi) is 6.56. The van der Waals surface area contributed by atoms with Gasteiger partial charge >= 0.3 is 11.6 Å². The molecule has 0 spiro atoms. The van der Waals surface area contributed by atoms with Crippen LogP contribution in [0, 0.1) is 27.7 Å². The van der Waals surface area contributed by atoms with Crippen LogP contribution >= 0.6 is 0 Å². The highest BCUT2D eigenvalue weighted by Crippen LogP contribution is 2.29. The van der Waals surface area contributed by atoms with E-state index in [4.69, 9.17) is 9.15 Å². The molecule has 4 aromatic rings. The van der Waals surface area contributed by atoms with Gasteiger partial charge in [0.2, 0.25) is 0 Å². The van der Waals surface area contributed by atoms with Crippen LogP contribution < -0.4 is 10.4 Å². The van der Waals surface area contributed by atoms with Crippen molar-refractivity contribution in [3.63, 3.8) is 0 Å². The number of carbonyl (C=O) groups excluding carboxylic acids is 1. The monoisotopic (exact) mass is 469 g/mol. The molecule has 0 atom stereocenters. The van der Waals surface area contributed by atoms with Crippen molar-refractivity contribution in [3.8, 4) is 5.75 Å². The Hall–Kier alpha value is -4.19. The van der Waals surface area contributed by atoms with Gasteiger partial charge in [-0.1, -0.05) is 55.0 Å². The standard InChI is InChI=1S/C29H27NO5/c1-6-20-8-10-21(11-9-20)26(31)24(28(32)35-27-18(4)13-17(3)14-19(27)5)25-29(33)34-23-12-7-16(2)15-22(23)30-25/h7-15,31H,6H2,1-5H3. The van der Waals surface area contributed by atoms with Crippen LogP contribution in [0.2, 0.25) is 0 Å². The molecule has 0 saturated carbocycles. The maximum absolute atomic E-state index is 13.5. The molecule has 178 valence electrons. The lowest BCUT2D eigenvalue weighted by Crippen LogP contribution is -2.20. The number of aromatic nitrogens is 1. The molecule has 0 aliphatic rings. The van der Waals surface area contributed by atoms with Crippen LogP contribution in [0.1, 0.15) is 46.0 Å². The number of ether oxygens (including phenoxy) is 1. The number of carbonyl (C=O) groups is 1. The van der Waals surface area contributed by atoms with E-state index >= 15 is 0 Å². The van der Waals surface area contributed by atoms with Crippen LogP contribution in [-0.2, 0) is 11.2 Å². The predicted octanol–water partition coefficient (Wildman–Crippen LogP) is 6.02.